The van der Waals surface area contributed by atoms with Crippen molar-refractivity contribution in [3.05, 3.63) is 22.2 Å². The third-order valence-corrected chi connectivity index (χ3v) is 2.03. The van der Waals surface area contributed by atoms with Gasteiger partial charge in [-0.2, -0.15) is 4.98 Å². The Kier molecular flexibility index (Phi) is 3.31. The van der Waals surface area contributed by atoms with Crippen molar-refractivity contribution in [2.45, 2.75) is 11.4 Å². The highest BCUT2D eigenvalue weighted by molar-refractivity contribution is 7.98. The summed E-state index contributed by atoms with van der Waals surface area (Å²) < 4.78 is 0. The summed E-state index contributed by atoms with van der Waals surface area (Å²) in [5.74, 6) is 0. The first-order valence-corrected chi connectivity index (χ1v) is 4.83. The number of hydrogen-bond acceptors (Lipinski definition) is 4. The van der Waals surface area contributed by atoms with E-state index < -0.39 is 0 Å². The Balaban J connectivity index is 2.98. The van der Waals surface area contributed by atoms with E-state index in [4.69, 9.17) is 5.73 Å². The Bertz CT molecular complexity index is 310. The Morgan fingerprint density at radius 1 is 1.75 bits per heavy atom. The molecule has 0 aliphatic carbocycles. The molecule has 0 spiro atoms. The molecule has 3 N–H and O–H groups in total. The lowest BCUT2D eigenvalue weighted by atomic mass is 10.3. The van der Waals surface area contributed by atoms with Gasteiger partial charge in [0.05, 0.1) is 0 Å². The number of nitrogens with zero attached hydrogens (tertiary/aromatic N) is 1. The van der Waals surface area contributed by atoms with Gasteiger partial charge in [0.2, 0.25) is 0 Å². The van der Waals surface area contributed by atoms with E-state index in [0.29, 0.717) is 13.0 Å². The van der Waals surface area contributed by atoms with Crippen LogP contribution in [0.15, 0.2) is 15.9 Å². The van der Waals surface area contributed by atoms with Gasteiger partial charge in [0.15, 0.2) is 0 Å². The van der Waals surface area contributed by atoms with Crippen molar-refractivity contribution in [2.75, 3.05) is 12.8 Å². The fourth-order valence-electron chi connectivity index (χ4n) is 0.878. The van der Waals surface area contributed by atoms with E-state index in [1.165, 1.54) is 11.8 Å². The van der Waals surface area contributed by atoms with Crippen molar-refractivity contribution in [3.8, 4) is 0 Å². The van der Waals surface area contributed by atoms with E-state index in [1.807, 2.05) is 12.3 Å². The number of rotatable bonds is 3. The van der Waals surface area contributed by atoms with Crippen molar-refractivity contribution in [2.24, 2.45) is 5.73 Å². The lowest BCUT2D eigenvalue weighted by molar-refractivity contribution is 0.860. The number of aromatic amines is 1. The van der Waals surface area contributed by atoms with Crippen molar-refractivity contribution in [1.82, 2.24) is 9.97 Å². The summed E-state index contributed by atoms with van der Waals surface area (Å²) in [4.78, 5) is 17.3. The van der Waals surface area contributed by atoms with E-state index in [1.54, 1.807) is 0 Å². The van der Waals surface area contributed by atoms with Crippen LogP contribution in [0.1, 0.15) is 5.69 Å². The highest BCUT2D eigenvalue weighted by atomic mass is 32.2. The Labute approximate surface area is 74.6 Å². The molecule has 66 valence electrons. The van der Waals surface area contributed by atoms with Gasteiger partial charge in [-0.3, -0.25) is 0 Å². The molecule has 0 saturated heterocycles. The van der Waals surface area contributed by atoms with Gasteiger partial charge < -0.3 is 10.7 Å². The number of nitrogens with one attached hydrogen (secondary N) is 1. The van der Waals surface area contributed by atoms with Crippen LogP contribution < -0.4 is 11.4 Å². The number of hydrogen-bond donors (Lipinski definition) is 2. The topological polar surface area (TPSA) is 71.8 Å². The molecule has 0 aliphatic heterocycles. The smallest absolute Gasteiger partial charge is 0.330 e. The van der Waals surface area contributed by atoms with Crippen LogP contribution in [0.4, 0.5) is 0 Å². The predicted octanol–water partition coefficient (Wildman–Crippen LogP) is -0.00700. The van der Waals surface area contributed by atoms with Gasteiger partial charge in [-0.25, -0.2) is 4.79 Å². The molecule has 1 rings (SSSR count). The van der Waals surface area contributed by atoms with E-state index in [-0.39, 0.29) is 5.69 Å². The summed E-state index contributed by atoms with van der Waals surface area (Å²) >= 11 is 1.45. The van der Waals surface area contributed by atoms with Crippen LogP contribution in [0.25, 0.3) is 0 Å². The van der Waals surface area contributed by atoms with Crippen LogP contribution in [-0.2, 0) is 6.42 Å². The first kappa shape index (κ1) is 9.28. The molecule has 12 heavy (non-hydrogen) atoms. The van der Waals surface area contributed by atoms with E-state index in [2.05, 4.69) is 9.97 Å². The highest BCUT2D eigenvalue weighted by Crippen LogP contribution is 2.08. The molecule has 0 atom stereocenters. The first-order chi connectivity index (χ1) is 5.76. The van der Waals surface area contributed by atoms with Crippen LogP contribution in [0.3, 0.4) is 0 Å². The summed E-state index contributed by atoms with van der Waals surface area (Å²) in [6.45, 7) is 0.535. The maximum absolute atomic E-state index is 10.9. The van der Waals surface area contributed by atoms with E-state index in [0.717, 1.165) is 10.7 Å². The molecule has 0 aromatic carbocycles. The third-order valence-electron chi connectivity index (χ3n) is 1.40. The first-order valence-electron chi connectivity index (χ1n) is 3.60. The minimum absolute atomic E-state index is 0.301. The van der Waals surface area contributed by atoms with Crippen molar-refractivity contribution in [3.63, 3.8) is 0 Å². The fraction of sp³-hybridized carbons (Fsp3) is 0.429. The number of nitrogens with two attached hydrogens (primary N) is 1. The Morgan fingerprint density at radius 2 is 2.50 bits per heavy atom. The molecule has 1 aromatic rings. The van der Waals surface area contributed by atoms with Gasteiger partial charge in [0.1, 0.15) is 5.03 Å². The lowest BCUT2D eigenvalue weighted by Gasteiger charge is -1.99. The van der Waals surface area contributed by atoms with Crippen LogP contribution in [0.5, 0.6) is 0 Å². The number of H-pyrrole nitrogens is 1. The quantitative estimate of drug-likeness (QED) is 0.513. The third kappa shape index (κ3) is 2.35. The average molecular weight is 185 g/mol. The molecule has 0 amide bonds. The average Bonchev–Trinajstić information content (AvgIpc) is 2.04. The lowest BCUT2D eigenvalue weighted by Crippen LogP contribution is -2.15. The summed E-state index contributed by atoms with van der Waals surface area (Å²) in [7, 11) is 0. The molecule has 1 aromatic heterocycles. The van der Waals surface area contributed by atoms with Crippen LogP contribution >= 0.6 is 11.8 Å². The fourth-order valence-corrected chi connectivity index (χ4v) is 1.31. The van der Waals surface area contributed by atoms with E-state index in [9.17, 15) is 4.79 Å². The maximum atomic E-state index is 10.9. The van der Waals surface area contributed by atoms with Crippen LogP contribution in [-0.4, -0.2) is 22.8 Å². The molecule has 5 heteroatoms. The molecule has 0 bridgehead atoms. The molecule has 0 saturated carbocycles. The number of aromatic nitrogens is 2. The number of thioether (sulfide) groups is 1. The standard InChI is InChI=1S/C7H11N3OS/c1-12-6-4-5(2-3-8)9-7(11)10-6/h4H,2-3,8H2,1H3,(H,9,10,11). The minimum Gasteiger partial charge on any atom is -0.330 e. The predicted molar refractivity (Wildman–Crippen MR) is 49.4 cm³/mol. The van der Waals surface area contributed by atoms with E-state index >= 15 is 0 Å². The second-order valence-corrected chi connectivity index (χ2v) is 3.12. The Morgan fingerprint density at radius 3 is 3.08 bits per heavy atom. The zero-order valence-corrected chi connectivity index (χ0v) is 7.65. The molecular formula is C7H11N3OS. The van der Waals surface area contributed by atoms with Crippen molar-refractivity contribution >= 4 is 11.8 Å². The van der Waals surface area contributed by atoms with Crippen molar-refractivity contribution in [1.29, 1.82) is 0 Å². The molecule has 0 fully saturated rings. The molecular weight excluding hydrogens is 174 g/mol. The maximum Gasteiger partial charge on any atom is 0.346 e. The zero-order chi connectivity index (χ0) is 8.97. The largest absolute Gasteiger partial charge is 0.346 e. The second kappa shape index (κ2) is 4.27. The Hall–Kier alpha value is -0.810. The molecule has 0 aliphatic rings. The summed E-state index contributed by atoms with van der Waals surface area (Å²) in [6.07, 6.45) is 2.57. The monoisotopic (exact) mass is 185 g/mol. The van der Waals surface area contributed by atoms with Crippen LogP contribution in [0, 0.1) is 0 Å². The van der Waals surface area contributed by atoms with Gasteiger partial charge in [-0.1, -0.05) is 0 Å². The molecule has 4 nitrogen and oxygen atoms in total. The van der Waals surface area contributed by atoms with Gasteiger partial charge in [-0.05, 0) is 25.3 Å². The van der Waals surface area contributed by atoms with Crippen molar-refractivity contribution < 1.29 is 0 Å². The highest BCUT2D eigenvalue weighted by Gasteiger charge is 1.97. The van der Waals surface area contributed by atoms with Gasteiger partial charge in [0, 0.05) is 5.69 Å². The summed E-state index contributed by atoms with van der Waals surface area (Å²) in [5, 5.41) is 0.738. The van der Waals surface area contributed by atoms with Crippen LogP contribution in [0.2, 0.25) is 0 Å². The SMILES string of the molecule is CSc1cc(CCN)[nH]c(=O)n1. The zero-order valence-electron chi connectivity index (χ0n) is 6.83. The summed E-state index contributed by atoms with van der Waals surface area (Å²) in [5.41, 5.74) is 5.90. The normalized spacial score (nSPS) is 10.2. The molecule has 0 unspecified atom stereocenters. The van der Waals surface area contributed by atoms with Gasteiger partial charge in [-0.15, -0.1) is 11.8 Å². The second-order valence-electron chi connectivity index (χ2n) is 2.29. The van der Waals surface area contributed by atoms with Gasteiger partial charge in [0.25, 0.3) is 0 Å². The summed E-state index contributed by atoms with van der Waals surface area (Å²) in [6, 6.07) is 1.85. The molecule has 1 heterocycles. The van der Waals surface area contributed by atoms with Gasteiger partial charge >= 0.3 is 5.69 Å². The molecule has 0 radical (unpaired) electrons. The minimum atomic E-state index is -0.301.